The van der Waals surface area contributed by atoms with Gasteiger partial charge in [-0.2, -0.15) is 0 Å². The van der Waals surface area contributed by atoms with E-state index in [0.29, 0.717) is 13.2 Å². The highest BCUT2D eigenvalue weighted by atomic mass is 16.7. The van der Waals surface area contributed by atoms with Crippen LogP contribution in [0.2, 0.25) is 0 Å². The number of hydrogen-bond donors (Lipinski definition) is 4. The largest absolute Gasteiger partial charge is 0.394 e. The number of aliphatic hydroxyl groups excluding tert-OH is 3. The second-order valence-corrected chi connectivity index (χ2v) is 10.3. The van der Waals surface area contributed by atoms with E-state index in [0.717, 1.165) is 12.8 Å². The maximum atomic E-state index is 11.5. The van der Waals surface area contributed by atoms with Crippen LogP contribution in [0.5, 0.6) is 0 Å². The number of hydrogen-bond acceptors (Lipinski definition) is 8. The van der Waals surface area contributed by atoms with Crippen LogP contribution in [-0.4, -0.2) is 91.5 Å². The zero-order chi connectivity index (χ0) is 27.3. The molecule has 3 unspecified atom stereocenters. The third-order valence-electron chi connectivity index (χ3n) is 6.98. The molecule has 0 aromatic rings. The summed E-state index contributed by atoms with van der Waals surface area (Å²) in [6, 6.07) is -0.968. The quantitative estimate of drug-likeness (QED) is 0.147. The molecule has 0 spiro atoms. The Morgan fingerprint density at radius 1 is 0.865 bits per heavy atom. The molecular formula is C28H55NO8. The second kappa shape index (κ2) is 22.1. The molecule has 9 nitrogen and oxygen atoms in total. The molecule has 37 heavy (non-hydrogen) atoms. The summed E-state index contributed by atoms with van der Waals surface area (Å²) in [7, 11) is 1.56. The Labute approximate surface area is 224 Å². The van der Waals surface area contributed by atoms with Crippen LogP contribution >= 0.6 is 0 Å². The van der Waals surface area contributed by atoms with E-state index in [2.05, 4.69) is 12.2 Å². The van der Waals surface area contributed by atoms with Gasteiger partial charge in [-0.15, -0.1) is 0 Å². The lowest BCUT2D eigenvalue weighted by atomic mass is 9.97. The second-order valence-electron chi connectivity index (χ2n) is 10.3. The smallest absolute Gasteiger partial charge is 0.217 e. The number of carbonyl (C=O) groups excluding carboxylic acids is 1. The van der Waals surface area contributed by atoms with Crippen LogP contribution in [0.15, 0.2) is 0 Å². The number of amides is 1. The number of rotatable bonds is 23. The number of methoxy groups -OCH3 is 1. The predicted molar refractivity (Wildman–Crippen MR) is 143 cm³/mol. The molecule has 1 amide bonds. The van der Waals surface area contributed by atoms with Crippen molar-refractivity contribution in [3.05, 3.63) is 0 Å². The van der Waals surface area contributed by atoms with Gasteiger partial charge < -0.3 is 39.6 Å². The molecule has 1 heterocycles. The van der Waals surface area contributed by atoms with Crippen molar-refractivity contribution < 1.29 is 39.1 Å². The summed E-state index contributed by atoms with van der Waals surface area (Å²) in [5.74, 6) is -0.393. The summed E-state index contributed by atoms with van der Waals surface area (Å²) in [6.45, 7) is 4.19. The van der Waals surface area contributed by atoms with Crippen molar-refractivity contribution in [2.75, 3.05) is 33.5 Å². The first-order chi connectivity index (χ1) is 17.9. The zero-order valence-corrected chi connectivity index (χ0v) is 23.6. The van der Waals surface area contributed by atoms with Gasteiger partial charge in [0.25, 0.3) is 0 Å². The van der Waals surface area contributed by atoms with Crippen molar-refractivity contribution in [2.45, 2.75) is 140 Å². The Morgan fingerprint density at radius 2 is 1.41 bits per heavy atom. The monoisotopic (exact) mass is 533 g/mol. The van der Waals surface area contributed by atoms with Gasteiger partial charge in [0.15, 0.2) is 6.29 Å². The van der Waals surface area contributed by atoms with E-state index < -0.39 is 43.2 Å². The van der Waals surface area contributed by atoms with Crippen molar-refractivity contribution in [3.8, 4) is 0 Å². The molecule has 4 N–H and O–H groups in total. The first kappa shape index (κ1) is 34.2. The van der Waals surface area contributed by atoms with Crippen LogP contribution in [0.3, 0.4) is 0 Å². The van der Waals surface area contributed by atoms with Crippen molar-refractivity contribution in [1.82, 2.24) is 5.32 Å². The molecule has 0 aromatic heterocycles. The van der Waals surface area contributed by atoms with Gasteiger partial charge in [-0.25, -0.2) is 0 Å². The van der Waals surface area contributed by atoms with Crippen LogP contribution in [0, 0.1) is 0 Å². The molecule has 6 atom stereocenters. The van der Waals surface area contributed by atoms with E-state index in [1.54, 1.807) is 7.11 Å². The minimum Gasteiger partial charge on any atom is -0.394 e. The van der Waals surface area contributed by atoms with Crippen LogP contribution in [0.4, 0.5) is 0 Å². The summed E-state index contributed by atoms with van der Waals surface area (Å²) in [5.41, 5.74) is 0. The maximum Gasteiger partial charge on any atom is 0.217 e. The summed E-state index contributed by atoms with van der Waals surface area (Å²) in [6.07, 6.45) is 13.3. The number of ether oxygens (including phenoxy) is 4. The normalized spacial score (nSPS) is 24.8. The Bertz CT molecular complexity index is 552. The fourth-order valence-corrected chi connectivity index (χ4v) is 4.61. The Hall–Kier alpha value is -0.810. The lowest BCUT2D eigenvalue weighted by Gasteiger charge is -2.42. The number of aliphatic hydroxyl groups is 3. The molecule has 0 saturated carbocycles. The van der Waals surface area contributed by atoms with E-state index in [1.807, 2.05) is 0 Å². The maximum absolute atomic E-state index is 11.5. The van der Waals surface area contributed by atoms with Crippen molar-refractivity contribution in [3.63, 3.8) is 0 Å². The third-order valence-corrected chi connectivity index (χ3v) is 6.98. The van der Waals surface area contributed by atoms with E-state index in [-0.39, 0.29) is 12.7 Å². The Morgan fingerprint density at radius 3 is 1.89 bits per heavy atom. The van der Waals surface area contributed by atoms with Gasteiger partial charge >= 0.3 is 0 Å². The van der Waals surface area contributed by atoms with Gasteiger partial charge in [-0.1, -0.05) is 90.4 Å². The molecule has 0 aromatic carbocycles. The molecule has 220 valence electrons. The number of nitrogens with one attached hydrogen (secondary N) is 1. The van der Waals surface area contributed by atoms with E-state index in [4.69, 9.17) is 18.9 Å². The molecule has 1 aliphatic rings. The highest BCUT2D eigenvalue weighted by Gasteiger charge is 2.45. The van der Waals surface area contributed by atoms with Gasteiger partial charge in [0.1, 0.15) is 30.5 Å². The van der Waals surface area contributed by atoms with Crippen LogP contribution < -0.4 is 5.32 Å². The minimum absolute atomic E-state index is 0.108. The molecular weight excluding hydrogens is 478 g/mol. The first-order valence-corrected chi connectivity index (χ1v) is 14.6. The van der Waals surface area contributed by atoms with Gasteiger partial charge in [0, 0.05) is 20.6 Å². The van der Waals surface area contributed by atoms with Crippen molar-refractivity contribution in [2.24, 2.45) is 0 Å². The average Bonchev–Trinajstić information content (AvgIpc) is 2.89. The summed E-state index contributed by atoms with van der Waals surface area (Å²) in [5, 5.41) is 32.4. The Balaban J connectivity index is 2.11. The predicted octanol–water partition coefficient (Wildman–Crippen LogP) is 3.46. The molecule has 9 heteroatoms. The van der Waals surface area contributed by atoms with Gasteiger partial charge in [-0.05, 0) is 6.42 Å². The highest BCUT2D eigenvalue weighted by molar-refractivity contribution is 5.73. The van der Waals surface area contributed by atoms with E-state index >= 15 is 0 Å². The van der Waals surface area contributed by atoms with Crippen LogP contribution in [0.1, 0.15) is 104 Å². The summed E-state index contributed by atoms with van der Waals surface area (Å²) >= 11 is 0. The van der Waals surface area contributed by atoms with E-state index in [9.17, 15) is 20.1 Å². The van der Waals surface area contributed by atoms with Crippen LogP contribution in [-0.2, 0) is 23.7 Å². The lowest BCUT2D eigenvalue weighted by Crippen LogP contribution is -2.64. The molecule has 0 bridgehead atoms. The first-order valence-electron chi connectivity index (χ1n) is 14.6. The summed E-state index contributed by atoms with van der Waals surface area (Å²) < 4.78 is 22.5. The fourth-order valence-electron chi connectivity index (χ4n) is 4.61. The molecule has 1 saturated heterocycles. The highest BCUT2D eigenvalue weighted by Crippen LogP contribution is 2.22. The van der Waals surface area contributed by atoms with E-state index in [1.165, 1.54) is 84.0 Å². The van der Waals surface area contributed by atoms with Gasteiger partial charge in [0.05, 0.1) is 19.8 Å². The molecule has 1 aliphatic heterocycles. The SMILES string of the molecule is CCCCCCCCCCCCCCCCOCC(CO[C@@H]1OC(CO)[C@@H](O)C(O)[C@@H]1NC(C)=O)OC. The minimum atomic E-state index is -1.34. The fraction of sp³-hybridized carbons (Fsp3) is 0.964. The average molecular weight is 534 g/mol. The molecule has 1 fully saturated rings. The zero-order valence-electron chi connectivity index (χ0n) is 23.6. The van der Waals surface area contributed by atoms with Crippen molar-refractivity contribution >= 4 is 5.91 Å². The molecule has 1 rings (SSSR count). The van der Waals surface area contributed by atoms with Crippen LogP contribution in [0.25, 0.3) is 0 Å². The number of unbranched alkanes of at least 4 members (excludes halogenated alkanes) is 13. The third kappa shape index (κ3) is 15.4. The Kier molecular flexibility index (Phi) is 20.4. The molecule has 0 aliphatic carbocycles. The standard InChI is InChI=1S/C28H55NO8/c1-4-5-6-7-8-9-10-11-12-13-14-15-16-17-18-35-20-23(34-3)21-36-28-25(29-22(2)31)27(33)26(32)24(19-30)37-28/h23-28,30,32-33H,4-21H2,1-3H3,(H,29,31)/t23?,24?,25-,26+,27?,28+/m0/s1. The lowest BCUT2D eigenvalue weighted by molar-refractivity contribution is -0.275. The van der Waals surface area contributed by atoms with Crippen molar-refractivity contribution in [1.29, 1.82) is 0 Å². The van der Waals surface area contributed by atoms with Gasteiger partial charge in [-0.3, -0.25) is 4.79 Å². The topological polar surface area (TPSA) is 127 Å². The number of carbonyl (C=O) groups is 1. The summed E-state index contributed by atoms with van der Waals surface area (Å²) in [4.78, 5) is 11.5. The van der Waals surface area contributed by atoms with Gasteiger partial charge in [0.2, 0.25) is 5.91 Å². The molecule has 0 radical (unpaired) electrons.